The van der Waals surface area contributed by atoms with E-state index in [-0.39, 0.29) is 6.04 Å². The van der Waals surface area contributed by atoms with E-state index in [9.17, 15) is 0 Å². The summed E-state index contributed by atoms with van der Waals surface area (Å²) in [4.78, 5) is 0. The molecule has 2 aromatic rings. The van der Waals surface area contributed by atoms with Crippen LogP contribution in [0.15, 0.2) is 24.4 Å². The zero-order chi connectivity index (χ0) is 17.0. The molecular formula is C16H22N4O2S. The van der Waals surface area contributed by atoms with Gasteiger partial charge in [0.1, 0.15) is 11.5 Å². The zero-order valence-electron chi connectivity index (χ0n) is 14.0. The number of hydrogen-bond donors (Lipinski definition) is 2. The molecule has 0 aliphatic heterocycles. The van der Waals surface area contributed by atoms with Gasteiger partial charge in [-0.2, -0.15) is 5.10 Å². The first-order valence-corrected chi connectivity index (χ1v) is 7.64. The number of anilines is 1. The van der Waals surface area contributed by atoms with Crippen molar-refractivity contribution in [3.05, 3.63) is 35.7 Å². The van der Waals surface area contributed by atoms with Gasteiger partial charge in [0.25, 0.3) is 0 Å². The minimum atomic E-state index is 0.0520. The second-order valence-corrected chi connectivity index (χ2v) is 5.67. The molecule has 7 heteroatoms. The van der Waals surface area contributed by atoms with Gasteiger partial charge >= 0.3 is 0 Å². The molecule has 0 amide bonds. The average Bonchev–Trinajstić information content (AvgIpc) is 2.85. The molecule has 0 spiro atoms. The molecular weight excluding hydrogens is 312 g/mol. The number of aromatic nitrogens is 2. The van der Waals surface area contributed by atoms with Crippen molar-refractivity contribution < 1.29 is 9.47 Å². The van der Waals surface area contributed by atoms with Crippen LogP contribution >= 0.6 is 12.2 Å². The predicted octanol–water partition coefficient (Wildman–Crippen LogP) is 2.79. The van der Waals surface area contributed by atoms with E-state index < -0.39 is 0 Å². The van der Waals surface area contributed by atoms with E-state index in [1.165, 1.54) is 0 Å². The van der Waals surface area contributed by atoms with Crippen molar-refractivity contribution in [1.82, 2.24) is 15.1 Å². The van der Waals surface area contributed by atoms with Crippen LogP contribution in [0.3, 0.4) is 0 Å². The number of methoxy groups -OCH3 is 2. The lowest BCUT2D eigenvalue weighted by atomic mass is 10.1. The maximum atomic E-state index is 5.39. The predicted molar refractivity (Wildman–Crippen MR) is 95.3 cm³/mol. The van der Waals surface area contributed by atoms with Gasteiger partial charge in [0.15, 0.2) is 5.11 Å². The summed E-state index contributed by atoms with van der Waals surface area (Å²) >= 11 is 5.39. The molecule has 0 saturated heterocycles. The molecule has 124 valence electrons. The van der Waals surface area contributed by atoms with Gasteiger partial charge in [-0.3, -0.25) is 4.68 Å². The molecule has 0 fully saturated rings. The van der Waals surface area contributed by atoms with Crippen LogP contribution in [0, 0.1) is 6.92 Å². The van der Waals surface area contributed by atoms with Crippen molar-refractivity contribution >= 4 is 23.0 Å². The van der Waals surface area contributed by atoms with Crippen molar-refractivity contribution in [2.75, 3.05) is 19.5 Å². The van der Waals surface area contributed by atoms with Crippen LogP contribution in [0.5, 0.6) is 11.5 Å². The van der Waals surface area contributed by atoms with Crippen LogP contribution in [0.1, 0.15) is 24.2 Å². The van der Waals surface area contributed by atoms with E-state index in [0.29, 0.717) is 16.6 Å². The highest BCUT2D eigenvalue weighted by Gasteiger charge is 2.13. The van der Waals surface area contributed by atoms with Gasteiger partial charge in [0.05, 0.1) is 26.0 Å². The Hall–Kier alpha value is -2.28. The molecule has 6 nitrogen and oxygen atoms in total. The van der Waals surface area contributed by atoms with E-state index in [0.717, 1.165) is 16.9 Å². The van der Waals surface area contributed by atoms with E-state index in [1.807, 2.05) is 45.3 Å². The first-order chi connectivity index (χ1) is 10.9. The Labute approximate surface area is 141 Å². The number of nitrogens with zero attached hydrogens (tertiary/aromatic N) is 2. The fraction of sp³-hybridized carbons (Fsp3) is 0.375. The summed E-state index contributed by atoms with van der Waals surface area (Å²) in [7, 11) is 5.13. The molecule has 23 heavy (non-hydrogen) atoms. The van der Waals surface area contributed by atoms with Crippen molar-refractivity contribution in [1.29, 1.82) is 0 Å². The highest BCUT2D eigenvalue weighted by atomic mass is 32.1. The summed E-state index contributed by atoms with van der Waals surface area (Å²) in [6.45, 7) is 4.03. The van der Waals surface area contributed by atoms with Crippen LogP contribution in [-0.4, -0.2) is 29.1 Å². The molecule has 1 aromatic heterocycles. The van der Waals surface area contributed by atoms with Gasteiger partial charge < -0.3 is 20.1 Å². The summed E-state index contributed by atoms with van der Waals surface area (Å²) in [5, 5.41) is 11.3. The fourth-order valence-corrected chi connectivity index (χ4v) is 2.66. The summed E-state index contributed by atoms with van der Waals surface area (Å²) in [6, 6.07) is 5.58. The molecule has 0 aliphatic carbocycles. The normalized spacial score (nSPS) is 11.7. The Morgan fingerprint density at radius 1 is 1.22 bits per heavy atom. The zero-order valence-corrected chi connectivity index (χ0v) is 14.8. The summed E-state index contributed by atoms with van der Waals surface area (Å²) in [5.74, 6) is 1.40. The van der Waals surface area contributed by atoms with Crippen molar-refractivity contribution in [3.8, 4) is 11.5 Å². The SMILES string of the molecule is COc1cc(NC(=S)N[C@H](C)c2cn(C)nc2C)cc(OC)c1. The van der Waals surface area contributed by atoms with Gasteiger partial charge in [-0.05, 0) is 26.1 Å². The molecule has 0 aliphatic rings. The lowest BCUT2D eigenvalue weighted by molar-refractivity contribution is 0.395. The fourth-order valence-electron chi connectivity index (χ4n) is 2.36. The number of thiocarbonyl (C=S) groups is 1. The number of aryl methyl sites for hydroxylation is 2. The third-order valence-corrected chi connectivity index (χ3v) is 3.69. The number of nitrogens with one attached hydrogen (secondary N) is 2. The minimum Gasteiger partial charge on any atom is -0.497 e. The smallest absolute Gasteiger partial charge is 0.171 e. The number of hydrogen-bond acceptors (Lipinski definition) is 4. The summed E-state index contributed by atoms with van der Waals surface area (Å²) < 4.78 is 12.3. The third kappa shape index (κ3) is 4.35. The number of rotatable bonds is 5. The van der Waals surface area contributed by atoms with Gasteiger partial charge in [-0.25, -0.2) is 0 Å². The minimum absolute atomic E-state index is 0.0520. The molecule has 1 aromatic carbocycles. The van der Waals surface area contributed by atoms with E-state index in [2.05, 4.69) is 15.7 Å². The largest absolute Gasteiger partial charge is 0.497 e. The first kappa shape index (κ1) is 17.1. The lowest BCUT2D eigenvalue weighted by Crippen LogP contribution is -2.31. The van der Waals surface area contributed by atoms with Gasteiger partial charge in [0, 0.05) is 42.7 Å². The molecule has 1 atom stereocenters. The Bertz CT molecular complexity index is 677. The van der Waals surface area contributed by atoms with Crippen molar-refractivity contribution in [3.63, 3.8) is 0 Å². The lowest BCUT2D eigenvalue weighted by Gasteiger charge is -2.17. The van der Waals surface area contributed by atoms with Crippen LogP contribution in [-0.2, 0) is 7.05 Å². The van der Waals surface area contributed by atoms with Crippen molar-refractivity contribution in [2.24, 2.45) is 7.05 Å². The van der Waals surface area contributed by atoms with Crippen molar-refractivity contribution in [2.45, 2.75) is 19.9 Å². The Balaban J connectivity index is 2.06. The van der Waals surface area contributed by atoms with E-state index in [1.54, 1.807) is 18.9 Å². The van der Waals surface area contributed by atoms with Gasteiger partial charge in [-0.15, -0.1) is 0 Å². The second kappa shape index (κ2) is 7.32. The average molecular weight is 334 g/mol. The maximum absolute atomic E-state index is 5.39. The Kier molecular flexibility index (Phi) is 5.44. The first-order valence-electron chi connectivity index (χ1n) is 7.23. The third-order valence-electron chi connectivity index (χ3n) is 3.47. The topological polar surface area (TPSA) is 60.3 Å². The molecule has 0 radical (unpaired) electrons. The highest BCUT2D eigenvalue weighted by Crippen LogP contribution is 2.26. The molecule has 0 bridgehead atoms. The van der Waals surface area contributed by atoms with Gasteiger partial charge in [0.2, 0.25) is 0 Å². The molecule has 1 heterocycles. The number of ether oxygens (including phenoxy) is 2. The molecule has 2 N–H and O–H groups in total. The van der Waals surface area contributed by atoms with Gasteiger partial charge in [-0.1, -0.05) is 0 Å². The Morgan fingerprint density at radius 2 is 1.83 bits per heavy atom. The molecule has 0 unspecified atom stereocenters. The molecule has 2 rings (SSSR count). The monoisotopic (exact) mass is 334 g/mol. The maximum Gasteiger partial charge on any atom is 0.171 e. The Morgan fingerprint density at radius 3 is 2.30 bits per heavy atom. The number of benzene rings is 1. The summed E-state index contributed by atoms with van der Waals surface area (Å²) in [5.41, 5.74) is 2.90. The second-order valence-electron chi connectivity index (χ2n) is 5.27. The van der Waals surface area contributed by atoms with E-state index >= 15 is 0 Å². The standard InChI is InChI=1S/C16H22N4O2S/c1-10(15-9-20(3)19-11(15)2)17-16(23)18-12-6-13(21-4)8-14(7-12)22-5/h6-10H,1-5H3,(H2,17,18,23)/t10-/m1/s1. The summed E-state index contributed by atoms with van der Waals surface area (Å²) in [6.07, 6.45) is 1.99. The quantitative estimate of drug-likeness (QED) is 0.820. The van der Waals surface area contributed by atoms with Crippen LogP contribution in [0.4, 0.5) is 5.69 Å². The molecule has 0 saturated carbocycles. The van der Waals surface area contributed by atoms with Crippen LogP contribution in [0.2, 0.25) is 0 Å². The van der Waals surface area contributed by atoms with Crippen LogP contribution < -0.4 is 20.1 Å². The van der Waals surface area contributed by atoms with Crippen LogP contribution in [0.25, 0.3) is 0 Å². The highest BCUT2D eigenvalue weighted by molar-refractivity contribution is 7.80. The van der Waals surface area contributed by atoms with E-state index in [4.69, 9.17) is 21.7 Å².